The number of unbranched alkanes of at least 4 members (excludes halogenated alkanes) is 1. The summed E-state index contributed by atoms with van der Waals surface area (Å²) in [6.45, 7) is 3.28. The number of aryl methyl sites for hydroxylation is 1. The van der Waals surface area contributed by atoms with Crippen LogP contribution >= 0.6 is 0 Å². The van der Waals surface area contributed by atoms with Crippen LogP contribution in [0.15, 0.2) is 42.5 Å². The van der Waals surface area contributed by atoms with Gasteiger partial charge in [0.1, 0.15) is 29.1 Å². The maximum absolute atomic E-state index is 14.5. The van der Waals surface area contributed by atoms with Gasteiger partial charge in [-0.3, -0.25) is 0 Å². The van der Waals surface area contributed by atoms with E-state index in [0.29, 0.717) is 12.0 Å². The zero-order valence-electron chi connectivity index (χ0n) is 16.6. The van der Waals surface area contributed by atoms with Gasteiger partial charge in [0.2, 0.25) is 0 Å². The van der Waals surface area contributed by atoms with E-state index in [1.165, 1.54) is 31.2 Å². The number of benzene rings is 3. The fourth-order valence-corrected chi connectivity index (χ4v) is 3.03. The van der Waals surface area contributed by atoms with E-state index >= 15 is 0 Å². The lowest BCUT2D eigenvalue weighted by Crippen LogP contribution is -1.95. The molecule has 154 valence electrons. The predicted octanol–water partition coefficient (Wildman–Crippen LogP) is 7.10. The van der Waals surface area contributed by atoms with Crippen LogP contribution in [0.1, 0.15) is 42.0 Å². The Morgan fingerprint density at radius 3 is 1.93 bits per heavy atom. The van der Waals surface area contributed by atoms with Crippen molar-refractivity contribution in [1.82, 2.24) is 0 Å². The van der Waals surface area contributed by atoms with Gasteiger partial charge in [0.15, 0.2) is 0 Å². The van der Waals surface area contributed by atoms with Gasteiger partial charge in [0, 0.05) is 16.7 Å². The Labute approximate surface area is 172 Å². The van der Waals surface area contributed by atoms with Crippen molar-refractivity contribution in [2.45, 2.75) is 33.1 Å². The van der Waals surface area contributed by atoms with Gasteiger partial charge in [-0.2, -0.15) is 0 Å². The monoisotopic (exact) mass is 414 g/mol. The molecule has 0 radical (unpaired) electrons. The molecule has 0 spiro atoms. The van der Waals surface area contributed by atoms with E-state index in [0.717, 1.165) is 31.0 Å². The maximum atomic E-state index is 14.5. The molecule has 0 saturated carbocycles. The Bertz CT molecular complexity index is 1110. The van der Waals surface area contributed by atoms with Crippen molar-refractivity contribution in [2.24, 2.45) is 0 Å². The minimum Gasteiger partial charge on any atom is -0.207 e. The Kier molecular flexibility index (Phi) is 6.56. The van der Waals surface area contributed by atoms with Gasteiger partial charge in [-0.05, 0) is 67.3 Å². The normalized spacial score (nSPS) is 10.6. The molecule has 3 rings (SSSR count). The van der Waals surface area contributed by atoms with Crippen LogP contribution in [0.25, 0.3) is 11.1 Å². The highest BCUT2D eigenvalue weighted by Crippen LogP contribution is 2.27. The lowest BCUT2D eigenvalue weighted by molar-refractivity contribution is 0.568. The minimum atomic E-state index is -0.776. The van der Waals surface area contributed by atoms with Crippen molar-refractivity contribution in [3.8, 4) is 23.0 Å². The van der Waals surface area contributed by atoms with Gasteiger partial charge in [0.25, 0.3) is 0 Å². The SMILES string of the molecule is CCCCc1cc(F)c(C#Cc2ccc(-c3cc(F)c(C)c(F)c3)c(F)c2)c(F)c1. The third-order valence-electron chi connectivity index (χ3n) is 4.81. The molecule has 30 heavy (non-hydrogen) atoms. The molecule has 0 heterocycles. The van der Waals surface area contributed by atoms with Gasteiger partial charge in [-0.1, -0.05) is 31.3 Å². The lowest BCUT2D eigenvalue weighted by atomic mass is 10.0. The first-order chi connectivity index (χ1) is 14.3. The quantitative estimate of drug-likeness (QED) is 0.316. The third kappa shape index (κ3) is 4.71. The van der Waals surface area contributed by atoms with Crippen molar-refractivity contribution in [1.29, 1.82) is 0 Å². The topological polar surface area (TPSA) is 0 Å². The van der Waals surface area contributed by atoms with Gasteiger partial charge in [-0.25, -0.2) is 22.0 Å². The number of halogens is 5. The molecule has 0 unspecified atom stereocenters. The average molecular weight is 414 g/mol. The third-order valence-corrected chi connectivity index (χ3v) is 4.81. The molecule has 0 atom stereocenters. The Balaban J connectivity index is 1.90. The first kappa shape index (κ1) is 21.6. The molecule has 0 aliphatic rings. The van der Waals surface area contributed by atoms with Gasteiger partial charge in [-0.15, -0.1) is 0 Å². The first-order valence-electron chi connectivity index (χ1n) is 9.55. The smallest absolute Gasteiger partial charge is 0.142 e. The summed E-state index contributed by atoms with van der Waals surface area (Å²) < 4.78 is 70.5. The zero-order chi connectivity index (χ0) is 21.8. The number of hydrogen-bond donors (Lipinski definition) is 0. The predicted molar refractivity (Wildman–Crippen MR) is 107 cm³/mol. The summed E-state index contributed by atoms with van der Waals surface area (Å²) in [5, 5.41) is 0. The van der Waals surface area contributed by atoms with Crippen molar-refractivity contribution in [3.05, 3.63) is 93.8 Å². The van der Waals surface area contributed by atoms with Crippen LogP contribution in [-0.4, -0.2) is 0 Å². The van der Waals surface area contributed by atoms with Crippen LogP contribution in [0.5, 0.6) is 0 Å². The highest BCUT2D eigenvalue weighted by Gasteiger charge is 2.12. The van der Waals surface area contributed by atoms with E-state index in [1.807, 2.05) is 6.92 Å². The van der Waals surface area contributed by atoms with E-state index in [9.17, 15) is 22.0 Å². The molecule has 0 aliphatic heterocycles. The summed E-state index contributed by atoms with van der Waals surface area (Å²) in [5.74, 6) is 1.11. The van der Waals surface area contributed by atoms with Gasteiger partial charge < -0.3 is 0 Å². The van der Waals surface area contributed by atoms with Crippen LogP contribution in [0.4, 0.5) is 22.0 Å². The Morgan fingerprint density at radius 1 is 0.733 bits per heavy atom. The molecular weight excluding hydrogens is 395 g/mol. The highest BCUT2D eigenvalue weighted by atomic mass is 19.1. The van der Waals surface area contributed by atoms with Gasteiger partial charge >= 0.3 is 0 Å². The lowest BCUT2D eigenvalue weighted by Gasteiger charge is -2.07. The largest absolute Gasteiger partial charge is 0.207 e. The summed E-state index contributed by atoms with van der Waals surface area (Å²) in [7, 11) is 0. The van der Waals surface area contributed by atoms with Crippen LogP contribution in [-0.2, 0) is 6.42 Å². The first-order valence-corrected chi connectivity index (χ1v) is 9.55. The van der Waals surface area contributed by atoms with Crippen LogP contribution in [0, 0.1) is 47.9 Å². The van der Waals surface area contributed by atoms with Crippen LogP contribution < -0.4 is 0 Å². The van der Waals surface area contributed by atoms with E-state index < -0.39 is 29.1 Å². The van der Waals surface area contributed by atoms with E-state index in [2.05, 4.69) is 11.8 Å². The van der Waals surface area contributed by atoms with E-state index in [1.54, 1.807) is 0 Å². The molecule has 0 saturated heterocycles. The number of rotatable bonds is 4. The molecule has 0 aromatic heterocycles. The molecule has 0 bridgehead atoms. The Hall–Kier alpha value is -3.13. The molecule has 0 nitrogen and oxygen atoms in total. The number of hydrogen-bond acceptors (Lipinski definition) is 0. The Morgan fingerprint density at radius 2 is 1.37 bits per heavy atom. The summed E-state index contributed by atoms with van der Waals surface area (Å²) in [6.07, 6.45) is 2.31. The molecular formula is C25H19F5. The molecule has 3 aromatic rings. The minimum absolute atomic E-state index is 0.00371. The van der Waals surface area contributed by atoms with Crippen molar-refractivity contribution < 1.29 is 22.0 Å². The fourth-order valence-electron chi connectivity index (χ4n) is 3.03. The molecule has 0 amide bonds. The van der Waals surface area contributed by atoms with Crippen LogP contribution in [0.3, 0.4) is 0 Å². The van der Waals surface area contributed by atoms with Crippen molar-refractivity contribution >= 4 is 0 Å². The van der Waals surface area contributed by atoms with Crippen molar-refractivity contribution in [3.63, 3.8) is 0 Å². The van der Waals surface area contributed by atoms with E-state index in [4.69, 9.17) is 0 Å². The summed E-state index contributed by atoms with van der Waals surface area (Å²) in [5.41, 5.74) is 0.251. The van der Waals surface area contributed by atoms with Crippen LogP contribution in [0.2, 0.25) is 0 Å². The molecule has 0 N–H and O–H groups in total. The maximum Gasteiger partial charge on any atom is 0.142 e. The second-order valence-corrected chi connectivity index (χ2v) is 7.05. The zero-order valence-corrected chi connectivity index (χ0v) is 16.6. The second-order valence-electron chi connectivity index (χ2n) is 7.05. The molecule has 5 heteroatoms. The summed E-state index contributed by atoms with van der Waals surface area (Å²) in [6, 6.07) is 8.42. The van der Waals surface area contributed by atoms with E-state index in [-0.39, 0.29) is 27.8 Å². The average Bonchev–Trinajstić information content (AvgIpc) is 2.69. The summed E-state index contributed by atoms with van der Waals surface area (Å²) in [4.78, 5) is 0. The fraction of sp³-hybridized carbons (Fsp3) is 0.200. The summed E-state index contributed by atoms with van der Waals surface area (Å²) >= 11 is 0. The molecule has 0 aliphatic carbocycles. The standard InChI is InChI=1S/C25H19F5/c1-3-4-5-17-11-24(29)20(25(30)12-17)9-7-16-6-8-19(23(28)10-16)18-13-21(26)15(2)22(27)14-18/h6,8,10-14H,3-5H2,1-2H3. The van der Waals surface area contributed by atoms with Crippen molar-refractivity contribution in [2.75, 3.05) is 0 Å². The second kappa shape index (κ2) is 9.13. The highest BCUT2D eigenvalue weighted by molar-refractivity contribution is 5.66. The molecule has 3 aromatic carbocycles. The molecule has 0 fully saturated rings. The van der Waals surface area contributed by atoms with Gasteiger partial charge in [0.05, 0.1) is 5.56 Å².